The fourth-order valence-electron chi connectivity index (χ4n) is 3.33. The lowest BCUT2D eigenvalue weighted by molar-refractivity contribution is -0.125. The van der Waals surface area contributed by atoms with Crippen LogP contribution >= 0.6 is 0 Å². The molecule has 0 aliphatic carbocycles. The molecule has 1 aromatic carbocycles. The van der Waals surface area contributed by atoms with Gasteiger partial charge in [0.25, 0.3) is 0 Å². The first kappa shape index (κ1) is 17.3. The van der Waals surface area contributed by atoms with Gasteiger partial charge >= 0.3 is 0 Å². The number of nitrogens with two attached hydrogens (primary N) is 1. The van der Waals surface area contributed by atoms with Crippen molar-refractivity contribution >= 4 is 17.9 Å². The molecule has 0 bridgehead atoms. The third-order valence-corrected chi connectivity index (χ3v) is 4.64. The van der Waals surface area contributed by atoms with Gasteiger partial charge in [0.05, 0.1) is 12.5 Å². The third-order valence-electron chi connectivity index (χ3n) is 4.64. The van der Waals surface area contributed by atoms with Gasteiger partial charge in [0.2, 0.25) is 11.8 Å². The molecule has 2 atom stereocenters. The van der Waals surface area contributed by atoms with Crippen LogP contribution in [0.5, 0.6) is 11.5 Å². The van der Waals surface area contributed by atoms with E-state index in [0.29, 0.717) is 26.1 Å². The maximum Gasteiger partial charge on any atom is 0.246 e. The van der Waals surface area contributed by atoms with E-state index in [1.54, 1.807) is 11.0 Å². The number of benzene rings is 1. The van der Waals surface area contributed by atoms with Crippen molar-refractivity contribution < 1.29 is 19.1 Å². The highest BCUT2D eigenvalue weighted by atomic mass is 16.5. The van der Waals surface area contributed by atoms with Gasteiger partial charge in [-0.2, -0.15) is 0 Å². The van der Waals surface area contributed by atoms with Crippen LogP contribution in [0.1, 0.15) is 31.4 Å². The molecule has 25 heavy (non-hydrogen) atoms. The third kappa shape index (κ3) is 3.78. The van der Waals surface area contributed by atoms with Crippen molar-refractivity contribution in [3.63, 3.8) is 0 Å². The monoisotopic (exact) mass is 344 g/mol. The summed E-state index contributed by atoms with van der Waals surface area (Å²) in [5, 5.41) is 0. The minimum absolute atomic E-state index is 0.124. The first-order valence-corrected chi connectivity index (χ1v) is 8.70. The van der Waals surface area contributed by atoms with Gasteiger partial charge in [-0.1, -0.05) is 0 Å². The molecule has 2 N–H and O–H groups in total. The highest BCUT2D eigenvalue weighted by Gasteiger charge is 2.28. The molecular formula is C19H24N2O4. The lowest BCUT2D eigenvalue weighted by atomic mass is 10.1. The van der Waals surface area contributed by atoms with E-state index >= 15 is 0 Å². The van der Waals surface area contributed by atoms with Crippen molar-refractivity contribution in [1.82, 2.24) is 4.90 Å². The fourth-order valence-corrected chi connectivity index (χ4v) is 3.33. The Balaban J connectivity index is 1.75. The Morgan fingerprint density at radius 3 is 2.92 bits per heavy atom. The van der Waals surface area contributed by atoms with Crippen molar-refractivity contribution in [2.45, 2.75) is 32.8 Å². The van der Waals surface area contributed by atoms with Gasteiger partial charge < -0.3 is 20.1 Å². The average molecular weight is 344 g/mol. The Morgan fingerprint density at radius 2 is 2.24 bits per heavy atom. The van der Waals surface area contributed by atoms with Crippen LogP contribution in [0.15, 0.2) is 18.2 Å². The lowest BCUT2D eigenvalue weighted by Gasteiger charge is -2.14. The largest absolute Gasteiger partial charge is 0.493 e. The quantitative estimate of drug-likeness (QED) is 0.825. The second kappa shape index (κ2) is 7.17. The van der Waals surface area contributed by atoms with Gasteiger partial charge in [0.1, 0.15) is 17.6 Å². The summed E-state index contributed by atoms with van der Waals surface area (Å²) in [5.41, 5.74) is 7.26. The van der Waals surface area contributed by atoms with Gasteiger partial charge in [-0.25, -0.2) is 0 Å². The number of carbonyl (C=O) groups excluding carboxylic acids is 2. The summed E-state index contributed by atoms with van der Waals surface area (Å²) in [5.74, 6) is 0.882. The van der Waals surface area contributed by atoms with Gasteiger partial charge in [0, 0.05) is 36.7 Å². The minimum atomic E-state index is -0.345. The van der Waals surface area contributed by atoms with E-state index in [-0.39, 0.29) is 23.8 Å². The average Bonchev–Trinajstić information content (AvgIpc) is 3.18. The molecule has 2 aliphatic heterocycles. The first-order chi connectivity index (χ1) is 12.0. The summed E-state index contributed by atoms with van der Waals surface area (Å²) < 4.78 is 11.5. The molecule has 0 aromatic heterocycles. The maximum absolute atomic E-state index is 12.4. The molecular weight excluding hydrogens is 320 g/mol. The SMILES string of the molecule is CCOc1cc2c(cc1/C=C/C(=O)N1CCC(C(N)=O)C1)OC(C)C2. The van der Waals surface area contributed by atoms with Gasteiger partial charge in [-0.05, 0) is 38.5 Å². The van der Waals surface area contributed by atoms with Crippen LogP contribution < -0.4 is 15.2 Å². The number of carbonyl (C=O) groups is 2. The number of amides is 2. The predicted molar refractivity (Wildman–Crippen MR) is 94.3 cm³/mol. The highest BCUT2D eigenvalue weighted by molar-refractivity contribution is 5.93. The topological polar surface area (TPSA) is 81.9 Å². The van der Waals surface area contributed by atoms with Crippen molar-refractivity contribution in [3.05, 3.63) is 29.3 Å². The molecule has 0 saturated carbocycles. The smallest absolute Gasteiger partial charge is 0.246 e. The molecule has 2 heterocycles. The molecule has 6 nitrogen and oxygen atoms in total. The Kier molecular flexibility index (Phi) is 4.97. The second-order valence-electron chi connectivity index (χ2n) is 6.57. The molecule has 1 aromatic rings. The van der Waals surface area contributed by atoms with E-state index in [0.717, 1.165) is 29.0 Å². The van der Waals surface area contributed by atoms with Crippen LogP contribution in [-0.4, -0.2) is 42.5 Å². The summed E-state index contributed by atoms with van der Waals surface area (Å²) in [6.45, 7) is 5.46. The molecule has 0 radical (unpaired) electrons. The molecule has 2 amide bonds. The van der Waals surface area contributed by atoms with Gasteiger partial charge in [-0.15, -0.1) is 0 Å². The number of hydrogen-bond donors (Lipinski definition) is 1. The number of ether oxygens (including phenoxy) is 2. The summed E-state index contributed by atoms with van der Waals surface area (Å²) in [4.78, 5) is 25.2. The van der Waals surface area contributed by atoms with Crippen LogP contribution in [0, 0.1) is 5.92 Å². The number of primary amides is 1. The number of rotatable bonds is 5. The molecule has 134 valence electrons. The van der Waals surface area contributed by atoms with Crippen LogP contribution in [-0.2, 0) is 16.0 Å². The molecule has 1 saturated heterocycles. The summed E-state index contributed by atoms with van der Waals surface area (Å²) in [7, 11) is 0. The van der Waals surface area contributed by atoms with E-state index in [1.165, 1.54) is 6.08 Å². The Bertz CT molecular complexity index is 714. The zero-order valence-corrected chi connectivity index (χ0v) is 14.7. The predicted octanol–water partition coefficient (Wildman–Crippen LogP) is 1.76. The van der Waals surface area contributed by atoms with Crippen LogP contribution in [0.25, 0.3) is 6.08 Å². The molecule has 1 fully saturated rings. The Morgan fingerprint density at radius 1 is 1.44 bits per heavy atom. The first-order valence-electron chi connectivity index (χ1n) is 8.70. The number of likely N-dealkylation sites (tertiary alicyclic amines) is 1. The van der Waals surface area contributed by atoms with Crippen molar-refractivity contribution in [2.75, 3.05) is 19.7 Å². The van der Waals surface area contributed by atoms with Crippen LogP contribution in [0.3, 0.4) is 0 Å². The van der Waals surface area contributed by atoms with Crippen molar-refractivity contribution in [3.8, 4) is 11.5 Å². The molecule has 2 unspecified atom stereocenters. The minimum Gasteiger partial charge on any atom is -0.493 e. The number of hydrogen-bond acceptors (Lipinski definition) is 4. The maximum atomic E-state index is 12.4. The summed E-state index contributed by atoms with van der Waals surface area (Å²) in [6, 6.07) is 3.91. The Labute approximate surface area is 147 Å². The summed E-state index contributed by atoms with van der Waals surface area (Å²) in [6.07, 6.45) is 4.91. The normalized spacial score (nSPS) is 22.1. The van der Waals surface area contributed by atoms with Crippen molar-refractivity contribution in [1.29, 1.82) is 0 Å². The van der Waals surface area contributed by atoms with E-state index in [4.69, 9.17) is 15.2 Å². The molecule has 0 spiro atoms. The van der Waals surface area contributed by atoms with Crippen LogP contribution in [0.4, 0.5) is 0 Å². The zero-order valence-electron chi connectivity index (χ0n) is 14.7. The van der Waals surface area contributed by atoms with E-state index in [1.807, 2.05) is 26.0 Å². The van der Waals surface area contributed by atoms with Crippen LogP contribution in [0.2, 0.25) is 0 Å². The van der Waals surface area contributed by atoms with E-state index in [9.17, 15) is 9.59 Å². The zero-order chi connectivity index (χ0) is 18.0. The van der Waals surface area contributed by atoms with Gasteiger partial charge in [0.15, 0.2) is 0 Å². The molecule has 2 aliphatic rings. The number of fused-ring (bicyclic) bond motifs is 1. The summed E-state index contributed by atoms with van der Waals surface area (Å²) >= 11 is 0. The Hall–Kier alpha value is -2.50. The van der Waals surface area contributed by atoms with E-state index < -0.39 is 0 Å². The highest BCUT2D eigenvalue weighted by Crippen LogP contribution is 2.35. The number of nitrogens with zero attached hydrogens (tertiary/aromatic N) is 1. The molecule has 3 rings (SSSR count). The lowest BCUT2D eigenvalue weighted by Crippen LogP contribution is -2.30. The van der Waals surface area contributed by atoms with Crippen molar-refractivity contribution in [2.24, 2.45) is 11.7 Å². The second-order valence-corrected chi connectivity index (χ2v) is 6.57. The van der Waals surface area contributed by atoms with Gasteiger partial charge in [-0.3, -0.25) is 9.59 Å². The standard InChI is InChI=1S/C19H24N2O4/c1-3-24-16-10-15-8-12(2)25-17(15)9-13(16)4-5-18(22)21-7-6-14(11-21)19(20)23/h4-5,9-10,12,14H,3,6-8,11H2,1-2H3,(H2,20,23)/b5-4+. The van der Waals surface area contributed by atoms with E-state index in [2.05, 4.69) is 0 Å². The fraction of sp³-hybridized carbons (Fsp3) is 0.474. The molecule has 6 heteroatoms.